The van der Waals surface area contributed by atoms with Gasteiger partial charge >= 0.3 is 0 Å². The second-order valence-corrected chi connectivity index (χ2v) is 7.81. The van der Waals surface area contributed by atoms with Gasteiger partial charge in [0.1, 0.15) is 11.1 Å². The Balaban J connectivity index is 1.60. The van der Waals surface area contributed by atoms with Crippen LogP contribution in [0.3, 0.4) is 0 Å². The number of nitrogens with one attached hydrogen (secondary N) is 1. The molecule has 5 heteroatoms. The summed E-state index contributed by atoms with van der Waals surface area (Å²) in [5.74, 6) is 0.0397. The van der Waals surface area contributed by atoms with Crippen molar-refractivity contribution in [3.63, 3.8) is 0 Å². The molecule has 1 amide bonds. The van der Waals surface area contributed by atoms with Gasteiger partial charge in [-0.3, -0.25) is 4.79 Å². The molecule has 1 fully saturated rings. The lowest BCUT2D eigenvalue weighted by Gasteiger charge is -2.33. The van der Waals surface area contributed by atoms with Gasteiger partial charge in [-0.25, -0.2) is 0 Å². The molecule has 0 saturated carbocycles. The van der Waals surface area contributed by atoms with Crippen LogP contribution in [0.5, 0.6) is 0 Å². The fraction of sp³-hybridized carbons (Fsp3) is 0.667. The molecule has 0 bridgehead atoms. The summed E-state index contributed by atoms with van der Waals surface area (Å²) in [5, 5.41) is 13.2. The predicted molar refractivity (Wildman–Crippen MR) is 93.8 cm³/mol. The van der Waals surface area contributed by atoms with Gasteiger partial charge < -0.3 is 10.2 Å². The zero-order valence-corrected chi connectivity index (χ0v) is 14.7. The number of likely N-dealkylation sites (tertiary alicyclic amines) is 1. The van der Waals surface area contributed by atoms with Crippen LogP contribution in [0.2, 0.25) is 0 Å². The van der Waals surface area contributed by atoms with E-state index in [0.717, 1.165) is 37.4 Å². The van der Waals surface area contributed by atoms with Crippen LogP contribution in [0.25, 0.3) is 0 Å². The van der Waals surface area contributed by atoms with Crippen LogP contribution >= 0.6 is 11.3 Å². The number of nitrogens with zero attached hydrogens (tertiary/aromatic N) is 2. The molecule has 23 heavy (non-hydrogen) atoms. The maximum absolute atomic E-state index is 12.3. The average Bonchev–Trinajstić information content (AvgIpc) is 2.91. The molecule has 0 radical (unpaired) electrons. The summed E-state index contributed by atoms with van der Waals surface area (Å²) < 4.78 is 0. The SMILES string of the molecule is C[C@@H]1CCCCN1CCC(=O)Nc1sc2c(c1C#N)CCCC2. The van der Waals surface area contributed by atoms with Crippen molar-refractivity contribution in [1.29, 1.82) is 5.26 Å². The molecule has 1 atom stereocenters. The van der Waals surface area contributed by atoms with E-state index in [4.69, 9.17) is 0 Å². The average molecular weight is 331 g/mol. The molecule has 4 nitrogen and oxygen atoms in total. The number of anilines is 1. The Hall–Kier alpha value is -1.38. The number of hydrogen-bond acceptors (Lipinski definition) is 4. The summed E-state index contributed by atoms with van der Waals surface area (Å²) in [7, 11) is 0. The Bertz CT molecular complexity index is 617. The molecule has 3 rings (SSSR count). The first-order chi connectivity index (χ1) is 11.2. The standard InChI is InChI=1S/C18H25N3OS/c1-13-6-4-5-10-21(13)11-9-17(22)20-18-15(12-19)14-7-2-3-8-16(14)23-18/h13H,2-11H2,1H3,(H,20,22)/t13-/m1/s1. The van der Waals surface area contributed by atoms with Crippen LogP contribution in [0.1, 0.15) is 61.5 Å². The first-order valence-corrected chi connectivity index (χ1v) is 9.59. The van der Waals surface area contributed by atoms with Crippen LogP contribution in [0, 0.1) is 11.3 Å². The largest absolute Gasteiger partial charge is 0.317 e. The molecular formula is C18H25N3OS. The minimum Gasteiger partial charge on any atom is -0.317 e. The van der Waals surface area contributed by atoms with Crippen molar-refractivity contribution >= 4 is 22.2 Å². The number of nitriles is 1. The van der Waals surface area contributed by atoms with Crippen molar-refractivity contribution in [2.45, 2.75) is 64.3 Å². The molecule has 2 heterocycles. The third kappa shape index (κ3) is 3.76. The zero-order chi connectivity index (χ0) is 16.2. The van der Waals surface area contributed by atoms with Gasteiger partial charge in [-0.05, 0) is 57.6 Å². The van der Waals surface area contributed by atoms with Crippen molar-refractivity contribution in [3.05, 3.63) is 16.0 Å². The van der Waals surface area contributed by atoms with Gasteiger partial charge in [0, 0.05) is 23.9 Å². The van der Waals surface area contributed by atoms with E-state index in [2.05, 4.69) is 23.2 Å². The Morgan fingerprint density at radius 3 is 2.96 bits per heavy atom. The molecule has 1 saturated heterocycles. The number of thiophene rings is 1. The molecule has 0 unspecified atom stereocenters. The summed E-state index contributed by atoms with van der Waals surface area (Å²) in [5.41, 5.74) is 1.90. The van der Waals surface area contributed by atoms with Crippen LogP contribution in [0.4, 0.5) is 5.00 Å². The van der Waals surface area contributed by atoms with E-state index in [1.165, 1.54) is 36.1 Å². The number of hydrogen-bond donors (Lipinski definition) is 1. The number of amides is 1. The van der Waals surface area contributed by atoms with Crippen molar-refractivity contribution in [2.24, 2.45) is 0 Å². The molecular weight excluding hydrogens is 306 g/mol. The quantitative estimate of drug-likeness (QED) is 0.915. The van der Waals surface area contributed by atoms with Crippen LogP contribution in [-0.4, -0.2) is 29.9 Å². The molecule has 1 aromatic rings. The maximum Gasteiger partial charge on any atom is 0.226 e. The summed E-state index contributed by atoms with van der Waals surface area (Å²) in [6, 6.07) is 2.89. The predicted octanol–water partition coefficient (Wildman–Crippen LogP) is 3.70. The van der Waals surface area contributed by atoms with E-state index in [-0.39, 0.29) is 5.91 Å². The Morgan fingerprint density at radius 1 is 1.35 bits per heavy atom. The molecule has 1 aliphatic heterocycles. The van der Waals surface area contributed by atoms with Crippen LogP contribution in [-0.2, 0) is 17.6 Å². The van der Waals surface area contributed by atoms with Crippen LogP contribution in [0.15, 0.2) is 0 Å². The third-order valence-corrected chi connectivity index (χ3v) is 6.31. The Labute approximate surface area is 142 Å². The first kappa shape index (κ1) is 16.5. The molecule has 124 valence electrons. The zero-order valence-electron chi connectivity index (χ0n) is 13.9. The van der Waals surface area contributed by atoms with Gasteiger partial charge in [-0.1, -0.05) is 6.42 Å². The van der Waals surface area contributed by atoms with E-state index < -0.39 is 0 Å². The van der Waals surface area contributed by atoms with Crippen molar-refractivity contribution < 1.29 is 4.79 Å². The van der Waals surface area contributed by atoms with E-state index in [9.17, 15) is 10.1 Å². The normalized spacial score (nSPS) is 21.5. The van der Waals surface area contributed by atoms with Gasteiger partial charge in [0.2, 0.25) is 5.91 Å². The van der Waals surface area contributed by atoms with Crippen molar-refractivity contribution in [3.8, 4) is 6.07 Å². The first-order valence-electron chi connectivity index (χ1n) is 8.77. The van der Waals surface area contributed by atoms with Gasteiger partial charge in [0.25, 0.3) is 0 Å². The van der Waals surface area contributed by atoms with E-state index in [0.29, 0.717) is 18.0 Å². The Morgan fingerprint density at radius 2 is 2.17 bits per heavy atom. The van der Waals surface area contributed by atoms with Gasteiger partial charge in [-0.15, -0.1) is 11.3 Å². The number of carbonyl (C=O) groups excluding carboxylic acids is 1. The van der Waals surface area contributed by atoms with Gasteiger partial charge in [-0.2, -0.15) is 5.26 Å². The second-order valence-electron chi connectivity index (χ2n) is 6.71. The number of fused-ring (bicyclic) bond motifs is 1. The summed E-state index contributed by atoms with van der Waals surface area (Å²) in [4.78, 5) is 16.0. The maximum atomic E-state index is 12.3. The minimum absolute atomic E-state index is 0.0397. The molecule has 1 aliphatic carbocycles. The number of aryl methyl sites for hydroxylation is 1. The highest BCUT2D eigenvalue weighted by Crippen LogP contribution is 2.37. The van der Waals surface area contributed by atoms with Crippen molar-refractivity contribution in [1.82, 2.24) is 4.90 Å². The van der Waals surface area contributed by atoms with Gasteiger partial charge in [0.15, 0.2) is 0 Å². The van der Waals surface area contributed by atoms with E-state index in [1.807, 2.05) is 0 Å². The number of piperidine rings is 1. The number of rotatable bonds is 4. The topological polar surface area (TPSA) is 56.1 Å². The molecule has 2 aliphatic rings. The van der Waals surface area contributed by atoms with Gasteiger partial charge in [0.05, 0.1) is 5.56 Å². The minimum atomic E-state index is 0.0397. The molecule has 1 N–H and O–H groups in total. The Kier molecular flexibility index (Phi) is 5.34. The summed E-state index contributed by atoms with van der Waals surface area (Å²) in [6.07, 6.45) is 8.66. The highest BCUT2D eigenvalue weighted by atomic mass is 32.1. The third-order valence-electron chi connectivity index (χ3n) is 5.10. The molecule has 0 aromatic carbocycles. The number of carbonyl (C=O) groups is 1. The summed E-state index contributed by atoms with van der Waals surface area (Å²) in [6.45, 7) is 4.17. The lowest BCUT2D eigenvalue weighted by molar-refractivity contribution is -0.116. The molecule has 1 aromatic heterocycles. The monoisotopic (exact) mass is 331 g/mol. The smallest absolute Gasteiger partial charge is 0.226 e. The van der Waals surface area contributed by atoms with Crippen molar-refractivity contribution in [2.75, 3.05) is 18.4 Å². The molecule has 0 spiro atoms. The second kappa shape index (κ2) is 7.46. The fourth-order valence-corrected chi connectivity index (χ4v) is 4.95. The fourth-order valence-electron chi connectivity index (χ4n) is 3.70. The summed E-state index contributed by atoms with van der Waals surface area (Å²) >= 11 is 1.61. The highest BCUT2D eigenvalue weighted by Gasteiger charge is 2.23. The van der Waals surface area contributed by atoms with E-state index in [1.54, 1.807) is 11.3 Å². The lowest BCUT2D eigenvalue weighted by atomic mass is 9.96. The lowest BCUT2D eigenvalue weighted by Crippen LogP contribution is -2.39. The highest BCUT2D eigenvalue weighted by molar-refractivity contribution is 7.16. The van der Waals surface area contributed by atoms with E-state index >= 15 is 0 Å². The van der Waals surface area contributed by atoms with Crippen LogP contribution < -0.4 is 5.32 Å².